The largest absolute Gasteiger partial charge is 0.367 e. The van der Waals surface area contributed by atoms with Gasteiger partial charge >= 0.3 is 0 Å². The molecular formula is C20H19FN6O. The minimum Gasteiger partial charge on any atom is -0.367 e. The van der Waals surface area contributed by atoms with Crippen molar-refractivity contribution in [3.63, 3.8) is 0 Å². The minimum atomic E-state index is -0.379. The number of aromatic nitrogens is 6. The van der Waals surface area contributed by atoms with E-state index in [1.54, 1.807) is 12.3 Å². The Labute approximate surface area is 160 Å². The second-order valence-electron chi connectivity index (χ2n) is 7.63. The first-order valence-electron chi connectivity index (χ1n) is 9.08. The van der Waals surface area contributed by atoms with Crippen LogP contribution in [0.3, 0.4) is 0 Å². The summed E-state index contributed by atoms with van der Waals surface area (Å²) in [5, 5.41) is 13.1. The van der Waals surface area contributed by atoms with E-state index >= 15 is 0 Å². The molecule has 1 aliphatic heterocycles. The number of ether oxygens (including phenoxy) is 1. The minimum absolute atomic E-state index is 0.317. The number of H-pyrrole nitrogens is 1. The molecule has 0 fully saturated rings. The first-order chi connectivity index (χ1) is 13.4. The summed E-state index contributed by atoms with van der Waals surface area (Å²) in [5.74, 6) is -0.379. The third kappa shape index (κ3) is 2.60. The van der Waals surface area contributed by atoms with Crippen molar-refractivity contribution in [3.05, 3.63) is 47.8 Å². The Kier molecular flexibility index (Phi) is 3.60. The summed E-state index contributed by atoms with van der Waals surface area (Å²) in [6.45, 7) is 7.07. The number of rotatable bonds is 2. The first kappa shape index (κ1) is 17.0. The Hall–Kier alpha value is -3.13. The van der Waals surface area contributed by atoms with Crippen molar-refractivity contribution in [3.8, 4) is 22.5 Å². The predicted molar refractivity (Wildman–Crippen MR) is 102 cm³/mol. The normalized spacial score (nSPS) is 15.7. The molecule has 0 saturated heterocycles. The van der Waals surface area contributed by atoms with E-state index in [9.17, 15) is 4.39 Å². The van der Waals surface area contributed by atoms with Gasteiger partial charge in [0.2, 0.25) is 0 Å². The van der Waals surface area contributed by atoms with Crippen LogP contribution in [0.4, 0.5) is 4.39 Å². The highest BCUT2D eigenvalue weighted by Gasteiger charge is 2.32. The van der Waals surface area contributed by atoms with Crippen molar-refractivity contribution >= 4 is 11.0 Å². The van der Waals surface area contributed by atoms with Gasteiger partial charge in [0.25, 0.3) is 0 Å². The lowest BCUT2D eigenvalue weighted by atomic mass is 9.97. The zero-order valence-electron chi connectivity index (χ0n) is 15.8. The Morgan fingerprint density at radius 2 is 2.07 bits per heavy atom. The van der Waals surface area contributed by atoms with Crippen LogP contribution in [0.25, 0.3) is 33.5 Å². The molecule has 0 radical (unpaired) electrons. The molecular weight excluding hydrogens is 359 g/mol. The van der Waals surface area contributed by atoms with E-state index in [0.29, 0.717) is 30.2 Å². The highest BCUT2D eigenvalue weighted by molar-refractivity contribution is 5.98. The van der Waals surface area contributed by atoms with Gasteiger partial charge in [0.05, 0.1) is 42.0 Å². The molecule has 0 atom stereocenters. The van der Waals surface area contributed by atoms with Crippen LogP contribution in [0.5, 0.6) is 0 Å². The maximum atomic E-state index is 13.4. The van der Waals surface area contributed by atoms with Crippen LogP contribution in [0.2, 0.25) is 0 Å². The highest BCUT2D eigenvalue weighted by atomic mass is 19.1. The number of hydrogen-bond acceptors (Lipinski definition) is 5. The molecule has 4 aromatic rings. The molecule has 5 rings (SSSR count). The molecule has 0 aliphatic carbocycles. The van der Waals surface area contributed by atoms with Gasteiger partial charge in [-0.25, -0.2) is 9.37 Å². The quantitative estimate of drug-likeness (QED) is 0.576. The van der Waals surface area contributed by atoms with Gasteiger partial charge in [0.15, 0.2) is 5.65 Å². The zero-order valence-corrected chi connectivity index (χ0v) is 15.8. The topological polar surface area (TPSA) is 81.5 Å². The highest BCUT2D eigenvalue weighted by Crippen LogP contribution is 2.40. The third-order valence-corrected chi connectivity index (χ3v) is 5.07. The standard InChI is InChI=1S/C20H19FN6O/c1-11-16-13(6-7-22-19(16)25-24-11)17-15-9-28-20(2,3)10-27(15)26-18(17)14-5-4-12(21)8-23-14/h4-8H,9-10H2,1-3H3,(H,22,24,25). The number of nitrogens with zero attached hydrogens (tertiary/aromatic N) is 5. The van der Waals surface area contributed by atoms with Crippen LogP contribution in [0.1, 0.15) is 25.2 Å². The number of halogens is 1. The van der Waals surface area contributed by atoms with Gasteiger partial charge in [-0.05, 0) is 39.0 Å². The molecule has 0 aromatic carbocycles. The number of hydrogen-bond donors (Lipinski definition) is 1. The Morgan fingerprint density at radius 3 is 2.86 bits per heavy atom. The van der Waals surface area contributed by atoms with E-state index in [-0.39, 0.29) is 11.4 Å². The lowest BCUT2D eigenvalue weighted by molar-refractivity contribution is -0.0657. The molecule has 0 amide bonds. The van der Waals surface area contributed by atoms with Crippen LogP contribution in [0.15, 0.2) is 30.6 Å². The molecule has 0 saturated carbocycles. The maximum Gasteiger partial charge on any atom is 0.155 e. The monoisotopic (exact) mass is 378 g/mol. The summed E-state index contributed by atoms with van der Waals surface area (Å²) in [7, 11) is 0. The van der Waals surface area contributed by atoms with E-state index in [1.807, 2.05) is 31.5 Å². The van der Waals surface area contributed by atoms with E-state index < -0.39 is 0 Å². The molecule has 0 spiro atoms. The SMILES string of the molecule is Cc1n[nH]c2nccc(-c3c(-c4ccc(F)cn4)nn4c3COC(C)(C)C4)c12. The van der Waals surface area contributed by atoms with Gasteiger partial charge in [-0.15, -0.1) is 0 Å². The zero-order chi connectivity index (χ0) is 19.5. The van der Waals surface area contributed by atoms with Gasteiger partial charge in [0.1, 0.15) is 11.5 Å². The van der Waals surface area contributed by atoms with Crippen LogP contribution in [0, 0.1) is 12.7 Å². The third-order valence-electron chi connectivity index (χ3n) is 5.07. The molecule has 1 N–H and O–H groups in total. The van der Waals surface area contributed by atoms with Crippen molar-refractivity contribution in [2.24, 2.45) is 0 Å². The van der Waals surface area contributed by atoms with Crippen molar-refractivity contribution in [1.82, 2.24) is 29.9 Å². The lowest BCUT2D eigenvalue weighted by Crippen LogP contribution is -2.36. The summed E-state index contributed by atoms with van der Waals surface area (Å²) >= 11 is 0. The summed E-state index contributed by atoms with van der Waals surface area (Å²) in [4.78, 5) is 8.65. The molecule has 28 heavy (non-hydrogen) atoms. The average molecular weight is 378 g/mol. The Bertz CT molecular complexity index is 1190. The van der Waals surface area contributed by atoms with Gasteiger partial charge in [-0.3, -0.25) is 14.8 Å². The van der Waals surface area contributed by atoms with Crippen molar-refractivity contribution in [2.45, 2.75) is 39.5 Å². The van der Waals surface area contributed by atoms with E-state index in [2.05, 4.69) is 20.2 Å². The second-order valence-corrected chi connectivity index (χ2v) is 7.63. The fraction of sp³-hybridized carbons (Fsp3) is 0.300. The summed E-state index contributed by atoms with van der Waals surface area (Å²) in [5.41, 5.74) is 5.41. The second kappa shape index (κ2) is 5.93. The molecule has 0 bridgehead atoms. The summed E-state index contributed by atoms with van der Waals surface area (Å²) in [6.07, 6.45) is 2.96. The van der Waals surface area contributed by atoms with Crippen LogP contribution in [-0.2, 0) is 17.9 Å². The van der Waals surface area contributed by atoms with Gasteiger partial charge in [-0.1, -0.05) is 0 Å². The van der Waals surface area contributed by atoms with Gasteiger partial charge < -0.3 is 4.74 Å². The van der Waals surface area contributed by atoms with Crippen LogP contribution >= 0.6 is 0 Å². The summed E-state index contributed by atoms with van der Waals surface area (Å²) in [6, 6.07) is 5.01. The molecule has 0 unspecified atom stereocenters. The number of pyridine rings is 2. The van der Waals surface area contributed by atoms with E-state index in [0.717, 1.165) is 27.9 Å². The maximum absolute atomic E-state index is 13.4. The van der Waals surface area contributed by atoms with Crippen molar-refractivity contribution < 1.29 is 9.13 Å². The molecule has 142 valence electrons. The lowest BCUT2D eigenvalue weighted by Gasteiger charge is -2.31. The van der Waals surface area contributed by atoms with Gasteiger partial charge in [0, 0.05) is 22.7 Å². The smallest absolute Gasteiger partial charge is 0.155 e. The van der Waals surface area contributed by atoms with E-state index in [4.69, 9.17) is 9.84 Å². The van der Waals surface area contributed by atoms with E-state index in [1.165, 1.54) is 12.3 Å². The molecule has 8 heteroatoms. The number of fused-ring (bicyclic) bond motifs is 2. The fourth-order valence-electron chi connectivity index (χ4n) is 3.74. The van der Waals surface area contributed by atoms with Crippen molar-refractivity contribution in [2.75, 3.05) is 0 Å². The summed E-state index contributed by atoms with van der Waals surface area (Å²) < 4.78 is 21.5. The number of aryl methyl sites for hydroxylation is 1. The molecule has 4 aromatic heterocycles. The molecule has 1 aliphatic rings. The Balaban J connectivity index is 1.82. The van der Waals surface area contributed by atoms with Gasteiger partial charge in [-0.2, -0.15) is 10.2 Å². The Morgan fingerprint density at radius 1 is 1.21 bits per heavy atom. The predicted octanol–water partition coefficient (Wildman–Crippen LogP) is 3.64. The number of aromatic amines is 1. The molecule has 7 nitrogen and oxygen atoms in total. The first-order valence-corrected chi connectivity index (χ1v) is 9.08. The van der Waals surface area contributed by atoms with Crippen LogP contribution in [-0.4, -0.2) is 35.5 Å². The van der Waals surface area contributed by atoms with Crippen molar-refractivity contribution in [1.29, 1.82) is 0 Å². The number of nitrogens with one attached hydrogen (secondary N) is 1. The van der Waals surface area contributed by atoms with Crippen LogP contribution < -0.4 is 0 Å². The molecule has 5 heterocycles. The fourth-order valence-corrected chi connectivity index (χ4v) is 3.74. The average Bonchev–Trinajstić information content (AvgIpc) is 3.22.